The summed E-state index contributed by atoms with van der Waals surface area (Å²) in [5.74, 6) is 0.852. The van der Waals surface area contributed by atoms with Crippen LogP contribution in [0.15, 0.2) is 0 Å². The zero-order valence-electron chi connectivity index (χ0n) is 13.5. The first kappa shape index (κ1) is 15.9. The largest absolute Gasteiger partial charge is 0.380 e. The van der Waals surface area contributed by atoms with Crippen LogP contribution in [0.2, 0.25) is 0 Å². The lowest BCUT2D eigenvalue weighted by molar-refractivity contribution is 0.124. The van der Waals surface area contributed by atoms with Gasteiger partial charge in [-0.3, -0.25) is 0 Å². The van der Waals surface area contributed by atoms with E-state index >= 15 is 0 Å². The number of aromatic nitrogens is 1. The van der Waals surface area contributed by atoms with Crippen LogP contribution in [0.3, 0.4) is 0 Å². The molecule has 1 atom stereocenters. The molecule has 1 aliphatic rings. The van der Waals surface area contributed by atoms with E-state index in [-0.39, 0.29) is 5.41 Å². The van der Waals surface area contributed by atoms with Crippen molar-refractivity contribution in [3.63, 3.8) is 0 Å². The van der Waals surface area contributed by atoms with Gasteiger partial charge in [0.2, 0.25) is 0 Å². The highest BCUT2D eigenvalue weighted by Gasteiger charge is 2.22. The Morgan fingerprint density at radius 1 is 1.40 bits per heavy atom. The maximum atomic E-state index is 5.66. The van der Waals surface area contributed by atoms with Crippen LogP contribution >= 0.6 is 11.3 Å². The van der Waals surface area contributed by atoms with Crippen molar-refractivity contribution in [1.29, 1.82) is 0 Å². The summed E-state index contributed by atoms with van der Waals surface area (Å²) in [6.07, 6.45) is 2.72. The van der Waals surface area contributed by atoms with Crippen molar-refractivity contribution in [2.24, 2.45) is 5.92 Å². The van der Waals surface area contributed by atoms with Crippen molar-refractivity contribution in [2.45, 2.75) is 58.9 Å². The van der Waals surface area contributed by atoms with Crippen molar-refractivity contribution in [1.82, 2.24) is 10.3 Å². The van der Waals surface area contributed by atoms with Crippen LogP contribution in [-0.2, 0) is 10.2 Å². The number of nitrogens with one attached hydrogen (secondary N) is 1. The predicted molar refractivity (Wildman–Crippen MR) is 85.5 cm³/mol. The number of nitrogens with zero attached hydrogens (tertiary/aromatic N) is 1. The molecule has 3 nitrogen and oxygen atoms in total. The van der Waals surface area contributed by atoms with Gasteiger partial charge in [0.05, 0.1) is 17.3 Å². The third kappa shape index (κ3) is 4.54. The van der Waals surface area contributed by atoms with Gasteiger partial charge in [0.15, 0.2) is 0 Å². The van der Waals surface area contributed by atoms with Crippen molar-refractivity contribution < 1.29 is 4.74 Å². The third-order valence-electron chi connectivity index (χ3n) is 3.61. The lowest BCUT2D eigenvalue weighted by Gasteiger charge is -2.14. The third-order valence-corrected chi connectivity index (χ3v) is 5.38. The maximum Gasteiger partial charge on any atom is 0.0985 e. The monoisotopic (exact) mass is 296 g/mol. The molecule has 1 aromatic rings. The zero-order valence-corrected chi connectivity index (χ0v) is 14.3. The Balaban J connectivity index is 1.78. The highest BCUT2D eigenvalue weighted by Crippen LogP contribution is 2.32. The van der Waals surface area contributed by atoms with Crippen LogP contribution in [0.4, 0.5) is 0 Å². The minimum Gasteiger partial charge on any atom is -0.380 e. The summed E-state index contributed by atoms with van der Waals surface area (Å²) in [5.41, 5.74) is 1.31. The van der Waals surface area contributed by atoms with E-state index in [1.807, 2.05) is 11.3 Å². The topological polar surface area (TPSA) is 34.2 Å². The molecular formula is C16H28N2OS. The van der Waals surface area contributed by atoms with Gasteiger partial charge in [-0.1, -0.05) is 20.8 Å². The van der Waals surface area contributed by atoms with Crippen LogP contribution in [0.25, 0.3) is 0 Å². The van der Waals surface area contributed by atoms with Crippen LogP contribution in [0.1, 0.15) is 62.2 Å². The second-order valence-electron chi connectivity index (χ2n) is 6.91. The van der Waals surface area contributed by atoms with E-state index in [1.165, 1.54) is 28.4 Å². The number of rotatable bonds is 7. The minimum atomic E-state index is 0.140. The predicted octanol–water partition coefficient (Wildman–Crippen LogP) is 3.83. The maximum absolute atomic E-state index is 5.66. The first-order valence-corrected chi connectivity index (χ1v) is 8.48. The molecule has 2 rings (SSSR count). The molecule has 1 N–H and O–H groups in total. The van der Waals surface area contributed by atoms with Crippen LogP contribution in [-0.4, -0.2) is 24.7 Å². The molecule has 1 fully saturated rings. The molecule has 0 spiro atoms. The van der Waals surface area contributed by atoms with E-state index in [0.717, 1.165) is 25.7 Å². The number of thiazole rings is 1. The molecule has 1 unspecified atom stereocenters. The Labute approximate surface area is 127 Å². The SMILES string of the molecule is Cc1nc(C(C)(C)C)sc1C(C)NCCOCC1CC1. The highest BCUT2D eigenvalue weighted by molar-refractivity contribution is 7.12. The van der Waals surface area contributed by atoms with Gasteiger partial charge in [0.1, 0.15) is 0 Å². The molecule has 0 aromatic carbocycles. The first-order valence-electron chi connectivity index (χ1n) is 7.67. The molecule has 1 aromatic heterocycles. The molecule has 0 saturated heterocycles. The zero-order chi connectivity index (χ0) is 14.8. The number of aryl methyl sites for hydroxylation is 1. The van der Waals surface area contributed by atoms with Gasteiger partial charge in [-0.2, -0.15) is 0 Å². The Morgan fingerprint density at radius 3 is 2.65 bits per heavy atom. The Morgan fingerprint density at radius 2 is 2.10 bits per heavy atom. The molecule has 0 aliphatic heterocycles. The fourth-order valence-corrected chi connectivity index (χ4v) is 3.26. The molecule has 114 valence electrons. The summed E-state index contributed by atoms with van der Waals surface area (Å²) >= 11 is 1.84. The second kappa shape index (κ2) is 6.54. The summed E-state index contributed by atoms with van der Waals surface area (Å²) in [5, 5.41) is 4.77. The van der Waals surface area contributed by atoms with Gasteiger partial charge in [0.25, 0.3) is 0 Å². The molecule has 1 saturated carbocycles. The molecule has 4 heteroatoms. The fourth-order valence-electron chi connectivity index (χ4n) is 2.11. The van der Waals surface area contributed by atoms with E-state index in [0.29, 0.717) is 6.04 Å². The number of ether oxygens (including phenoxy) is 1. The molecule has 1 aliphatic carbocycles. The van der Waals surface area contributed by atoms with E-state index in [9.17, 15) is 0 Å². The van der Waals surface area contributed by atoms with E-state index in [1.54, 1.807) is 0 Å². The Bertz CT molecular complexity index is 432. The minimum absolute atomic E-state index is 0.140. The van der Waals surface area contributed by atoms with Crippen LogP contribution < -0.4 is 5.32 Å². The van der Waals surface area contributed by atoms with Gasteiger partial charge in [-0.05, 0) is 32.6 Å². The quantitative estimate of drug-likeness (QED) is 0.777. The normalized spacial score (nSPS) is 17.4. The summed E-state index contributed by atoms with van der Waals surface area (Å²) in [7, 11) is 0. The molecular weight excluding hydrogens is 268 g/mol. The average Bonchev–Trinajstić information content (AvgIpc) is 3.08. The van der Waals surface area contributed by atoms with Gasteiger partial charge >= 0.3 is 0 Å². The fraction of sp³-hybridized carbons (Fsp3) is 0.812. The van der Waals surface area contributed by atoms with Crippen molar-refractivity contribution in [2.75, 3.05) is 19.8 Å². The van der Waals surface area contributed by atoms with Gasteiger partial charge in [-0.15, -0.1) is 11.3 Å². The lowest BCUT2D eigenvalue weighted by Crippen LogP contribution is -2.23. The Hall–Kier alpha value is -0.450. The van der Waals surface area contributed by atoms with Crippen molar-refractivity contribution in [3.8, 4) is 0 Å². The Kier molecular flexibility index (Phi) is 5.21. The molecule has 20 heavy (non-hydrogen) atoms. The number of hydrogen-bond donors (Lipinski definition) is 1. The number of hydrogen-bond acceptors (Lipinski definition) is 4. The summed E-state index contributed by atoms with van der Waals surface area (Å²) < 4.78 is 5.66. The highest BCUT2D eigenvalue weighted by atomic mass is 32.1. The lowest BCUT2D eigenvalue weighted by atomic mass is 9.98. The van der Waals surface area contributed by atoms with Crippen LogP contribution in [0.5, 0.6) is 0 Å². The first-order chi connectivity index (χ1) is 9.38. The summed E-state index contributed by atoms with van der Waals surface area (Å²) in [6, 6.07) is 0.355. The van der Waals surface area contributed by atoms with Crippen molar-refractivity contribution >= 4 is 11.3 Å². The molecule has 0 radical (unpaired) electrons. The summed E-state index contributed by atoms with van der Waals surface area (Å²) in [4.78, 5) is 6.08. The van der Waals surface area contributed by atoms with E-state index < -0.39 is 0 Å². The standard InChI is InChI=1S/C16H28N2OS/c1-11(17-8-9-19-10-13-6-7-13)14-12(2)18-15(20-14)16(3,4)5/h11,13,17H,6-10H2,1-5H3. The smallest absolute Gasteiger partial charge is 0.0985 e. The molecule has 0 amide bonds. The molecule has 0 bridgehead atoms. The molecule has 1 heterocycles. The van der Waals surface area contributed by atoms with Gasteiger partial charge < -0.3 is 10.1 Å². The second-order valence-corrected chi connectivity index (χ2v) is 7.94. The van der Waals surface area contributed by atoms with E-state index in [2.05, 4.69) is 39.9 Å². The van der Waals surface area contributed by atoms with E-state index in [4.69, 9.17) is 9.72 Å². The van der Waals surface area contributed by atoms with Gasteiger partial charge in [0, 0.05) is 29.5 Å². The summed E-state index contributed by atoms with van der Waals surface area (Å²) in [6.45, 7) is 13.7. The van der Waals surface area contributed by atoms with Crippen molar-refractivity contribution in [3.05, 3.63) is 15.6 Å². The van der Waals surface area contributed by atoms with Gasteiger partial charge in [-0.25, -0.2) is 4.98 Å². The van der Waals surface area contributed by atoms with Crippen LogP contribution in [0, 0.1) is 12.8 Å². The average molecular weight is 296 g/mol.